The molecule has 3 rings (SSSR count). The lowest BCUT2D eigenvalue weighted by Crippen LogP contribution is -2.47. The number of amides is 1. The third kappa shape index (κ3) is 14.8. The summed E-state index contributed by atoms with van der Waals surface area (Å²) in [5.41, 5.74) is 8.15. The molecule has 1 unspecified atom stereocenters. The molecule has 1 heterocycles. The van der Waals surface area contributed by atoms with Crippen LogP contribution in [0.5, 0.6) is 5.75 Å². The maximum atomic E-state index is 13.2. The van der Waals surface area contributed by atoms with Crippen molar-refractivity contribution in [2.24, 2.45) is 5.73 Å². The number of hydrogen-bond acceptors (Lipinski definition) is 10. The third-order valence-electron chi connectivity index (χ3n) is 8.30. The van der Waals surface area contributed by atoms with Gasteiger partial charge in [0, 0.05) is 53.9 Å². The Labute approximate surface area is 294 Å². The zero-order valence-corrected chi connectivity index (χ0v) is 31.9. The SMILES string of the molecule is CC1(C)OCc2cc([C@@H](O)CNCCCCCCOCCCCc3cccc(S(=O)(=O)C(NCOCC[Si](C)(C)C)C(N)=O)c3)ccc2O1. The van der Waals surface area contributed by atoms with Gasteiger partial charge in [-0.05, 0) is 80.1 Å². The summed E-state index contributed by atoms with van der Waals surface area (Å²) in [6.45, 7) is 14.1. The second-order valence-corrected chi connectivity index (χ2v) is 22.1. The zero-order valence-electron chi connectivity index (χ0n) is 30.1. The number of aliphatic hydroxyl groups excluding tert-OH is 1. The lowest BCUT2D eigenvalue weighted by Gasteiger charge is -2.33. The molecule has 0 aromatic heterocycles. The average molecular weight is 722 g/mol. The number of nitrogens with two attached hydrogens (primary N) is 1. The van der Waals surface area contributed by atoms with Gasteiger partial charge in [0.1, 0.15) is 5.75 Å². The first kappa shape index (κ1) is 41.1. The van der Waals surface area contributed by atoms with Gasteiger partial charge in [0.2, 0.25) is 15.6 Å². The van der Waals surface area contributed by atoms with Crippen LogP contribution in [0.4, 0.5) is 0 Å². The van der Waals surface area contributed by atoms with E-state index in [0.717, 1.165) is 73.6 Å². The van der Waals surface area contributed by atoms with E-state index in [2.05, 4.69) is 30.3 Å². The molecule has 1 amide bonds. The maximum Gasteiger partial charge on any atom is 0.250 e. The molecule has 2 aromatic carbocycles. The molecule has 0 fully saturated rings. The molecule has 0 saturated carbocycles. The van der Waals surface area contributed by atoms with Crippen LogP contribution in [-0.2, 0) is 41.9 Å². The van der Waals surface area contributed by atoms with Crippen LogP contribution in [0.25, 0.3) is 0 Å². The van der Waals surface area contributed by atoms with E-state index in [1.165, 1.54) is 6.07 Å². The average Bonchev–Trinajstić information content (AvgIpc) is 3.03. The molecule has 49 heavy (non-hydrogen) atoms. The topological polar surface area (TPSA) is 158 Å². The number of aliphatic hydroxyl groups is 1. The molecule has 5 N–H and O–H groups in total. The van der Waals surface area contributed by atoms with Crippen molar-refractivity contribution in [2.75, 3.05) is 39.6 Å². The van der Waals surface area contributed by atoms with Gasteiger partial charge in [0.05, 0.1) is 24.3 Å². The quantitative estimate of drug-likeness (QED) is 0.0658. The van der Waals surface area contributed by atoms with Crippen molar-refractivity contribution < 1.29 is 37.3 Å². The summed E-state index contributed by atoms with van der Waals surface area (Å²) >= 11 is 0. The van der Waals surface area contributed by atoms with Crippen molar-refractivity contribution in [1.82, 2.24) is 10.6 Å². The van der Waals surface area contributed by atoms with Gasteiger partial charge >= 0.3 is 0 Å². The van der Waals surface area contributed by atoms with E-state index in [9.17, 15) is 18.3 Å². The van der Waals surface area contributed by atoms with E-state index in [-0.39, 0.29) is 11.6 Å². The van der Waals surface area contributed by atoms with Gasteiger partial charge in [-0.15, -0.1) is 0 Å². The van der Waals surface area contributed by atoms with Crippen molar-refractivity contribution in [2.45, 2.75) is 113 Å². The largest absolute Gasteiger partial charge is 0.463 e. The third-order valence-corrected chi connectivity index (χ3v) is 11.9. The maximum absolute atomic E-state index is 13.2. The fraction of sp³-hybridized carbons (Fsp3) is 0.639. The van der Waals surface area contributed by atoms with E-state index in [1.54, 1.807) is 12.1 Å². The standard InChI is InChI=1S/C36H59N3O8SSi/c1-36(2)46-26-30-24-29(16-17-33(30)47-36)32(40)25-38-18-9-6-7-10-19-44-20-11-8-13-28-14-12-15-31(23-28)48(42,43)35(34(37)41)39-27-45-21-22-49(3,4)5/h12,14-17,23-24,32,35,38-40H,6-11,13,18-22,25-27H2,1-5H3,(H2,37,41)/t32-,35?/m0/s1. The van der Waals surface area contributed by atoms with Crippen LogP contribution < -0.4 is 21.1 Å². The number of rotatable bonds is 24. The summed E-state index contributed by atoms with van der Waals surface area (Å²) in [5.74, 6) is -0.781. The van der Waals surface area contributed by atoms with Crippen molar-refractivity contribution in [1.29, 1.82) is 0 Å². The van der Waals surface area contributed by atoms with Crippen LogP contribution in [0, 0.1) is 0 Å². The van der Waals surface area contributed by atoms with E-state index in [4.69, 9.17) is 24.7 Å². The number of hydrogen-bond donors (Lipinski definition) is 4. The minimum atomic E-state index is -4.02. The van der Waals surface area contributed by atoms with Crippen LogP contribution in [0.3, 0.4) is 0 Å². The lowest BCUT2D eigenvalue weighted by molar-refractivity contribution is -0.180. The van der Waals surface area contributed by atoms with Crippen molar-refractivity contribution in [3.05, 3.63) is 59.2 Å². The number of aryl methyl sites for hydroxylation is 1. The van der Waals surface area contributed by atoms with Gasteiger partial charge in [0.25, 0.3) is 5.91 Å². The summed E-state index contributed by atoms with van der Waals surface area (Å²) in [5, 5.41) is 15.0. The molecule has 276 valence electrons. The number of ether oxygens (including phenoxy) is 4. The molecule has 0 bridgehead atoms. The molecule has 0 radical (unpaired) electrons. The highest BCUT2D eigenvalue weighted by Gasteiger charge is 2.32. The highest BCUT2D eigenvalue weighted by molar-refractivity contribution is 7.92. The molecule has 1 aliphatic rings. The second kappa shape index (κ2) is 19.9. The van der Waals surface area contributed by atoms with Crippen molar-refractivity contribution in [3.63, 3.8) is 0 Å². The highest BCUT2D eigenvalue weighted by atomic mass is 32.2. The zero-order chi connectivity index (χ0) is 35.9. The minimum absolute atomic E-state index is 0.0655. The van der Waals surface area contributed by atoms with Gasteiger partial charge in [0.15, 0.2) is 5.37 Å². The molecular formula is C36H59N3O8SSi. The number of carbonyl (C=O) groups excluding carboxylic acids is 1. The smallest absolute Gasteiger partial charge is 0.250 e. The molecule has 0 spiro atoms. The fourth-order valence-electron chi connectivity index (χ4n) is 5.33. The number of primary amides is 1. The molecule has 2 atom stereocenters. The van der Waals surface area contributed by atoms with Gasteiger partial charge in [-0.25, -0.2) is 8.42 Å². The first-order valence-electron chi connectivity index (χ1n) is 17.5. The van der Waals surface area contributed by atoms with E-state index >= 15 is 0 Å². The summed E-state index contributed by atoms with van der Waals surface area (Å²) in [7, 11) is -5.30. The van der Waals surface area contributed by atoms with Crippen molar-refractivity contribution in [3.8, 4) is 5.75 Å². The molecule has 13 heteroatoms. The molecule has 0 saturated heterocycles. The summed E-state index contributed by atoms with van der Waals surface area (Å²) in [6, 6.07) is 13.4. The Kier molecular flexibility index (Phi) is 16.7. The Bertz CT molecular complexity index is 1420. The Morgan fingerprint density at radius 2 is 1.73 bits per heavy atom. The highest BCUT2D eigenvalue weighted by Crippen LogP contribution is 2.32. The molecular weight excluding hydrogens is 663 g/mol. The van der Waals surface area contributed by atoms with Crippen LogP contribution in [0.1, 0.15) is 75.2 Å². The number of nitrogens with one attached hydrogen (secondary N) is 2. The first-order chi connectivity index (χ1) is 23.2. The van der Waals surface area contributed by atoms with E-state index in [1.807, 2.05) is 38.1 Å². The second-order valence-electron chi connectivity index (χ2n) is 14.4. The van der Waals surface area contributed by atoms with Crippen molar-refractivity contribution >= 4 is 23.8 Å². The predicted octanol–water partition coefficient (Wildman–Crippen LogP) is 5.04. The normalized spacial score (nSPS) is 15.7. The number of unbranched alkanes of at least 4 members (excludes halogenated alkanes) is 4. The van der Waals surface area contributed by atoms with Crippen LogP contribution in [0.2, 0.25) is 25.7 Å². The lowest BCUT2D eigenvalue weighted by atomic mass is 10.0. The van der Waals surface area contributed by atoms with Crippen LogP contribution in [0.15, 0.2) is 47.4 Å². The summed E-state index contributed by atoms with van der Waals surface area (Å²) < 4.78 is 49.3. The van der Waals surface area contributed by atoms with E-state index in [0.29, 0.717) is 39.4 Å². The number of benzene rings is 2. The number of carbonyl (C=O) groups is 1. The van der Waals surface area contributed by atoms with Gasteiger partial charge in [-0.3, -0.25) is 10.1 Å². The molecule has 0 aliphatic carbocycles. The Morgan fingerprint density at radius 1 is 1.00 bits per heavy atom. The molecule has 11 nitrogen and oxygen atoms in total. The van der Waals surface area contributed by atoms with Crippen LogP contribution >= 0.6 is 0 Å². The first-order valence-corrected chi connectivity index (χ1v) is 22.8. The van der Waals surface area contributed by atoms with Crippen LogP contribution in [-0.4, -0.2) is 78.3 Å². The van der Waals surface area contributed by atoms with Gasteiger partial charge in [-0.1, -0.05) is 50.7 Å². The summed E-state index contributed by atoms with van der Waals surface area (Å²) in [6.07, 6.45) is 6.04. The monoisotopic (exact) mass is 721 g/mol. The van der Waals surface area contributed by atoms with E-state index < -0.39 is 41.1 Å². The number of fused-ring (bicyclic) bond motifs is 1. The van der Waals surface area contributed by atoms with Gasteiger partial charge in [-0.2, -0.15) is 0 Å². The fourth-order valence-corrected chi connectivity index (χ4v) is 7.53. The summed E-state index contributed by atoms with van der Waals surface area (Å²) in [4.78, 5) is 12.1. The predicted molar refractivity (Wildman–Crippen MR) is 195 cm³/mol. The number of sulfone groups is 1. The minimum Gasteiger partial charge on any atom is -0.463 e. The van der Waals surface area contributed by atoms with Gasteiger partial charge < -0.3 is 35.1 Å². The molecule has 1 aliphatic heterocycles. The Morgan fingerprint density at radius 3 is 2.47 bits per heavy atom. The molecule has 2 aromatic rings. The Balaban J connectivity index is 1.23. The Hall–Kier alpha value is -2.36.